The molecule has 0 unspecified atom stereocenters. The van der Waals surface area contributed by atoms with Crippen LogP contribution in [0, 0.1) is 25.2 Å². The quantitative estimate of drug-likeness (QED) is 0.774. The molecule has 28 heavy (non-hydrogen) atoms. The van der Waals surface area contributed by atoms with Crippen LogP contribution in [0.4, 0.5) is 0 Å². The van der Waals surface area contributed by atoms with Crippen LogP contribution in [-0.4, -0.2) is 68.0 Å². The fraction of sp³-hybridized carbons (Fsp3) is 0.778. The minimum absolute atomic E-state index is 0. The second kappa shape index (κ2) is 7.93. The summed E-state index contributed by atoms with van der Waals surface area (Å²) in [7, 11) is -3.65. The lowest BCUT2D eigenvalue weighted by Gasteiger charge is -2.43. The largest absolute Gasteiger partial charge is 0.360 e. The third-order valence-electron chi connectivity index (χ3n) is 6.56. The van der Waals surface area contributed by atoms with E-state index in [-0.39, 0.29) is 28.6 Å². The fourth-order valence-electron chi connectivity index (χ4n) is 5.09. The molecule has 158 valence electrons. The number of hydrogen-bond acceptors (Lipinski definition) is 6. The lowest BCUT2D eigenvalue weighted by atomic mass is 9.67. The van der Waals surface area contributed by atoms with Gasteiger partial charge in [0.05, 0.1) is 5.41 Å². The molecule has 4 rings (SSSR count). The van der Waals surface area contributed by atoms with Crippen LogP contribution >= 0.6 is 12.4 Å². The molecular weight excluding hydrogens is 404 g/mol. The van der Waals surface area contributed by atoms with Gasteiger partial charge in [-0.2, -0.15) is 4.31 Å². The highest BCUT2D eigenvalue weighted by atomic mass is 35.5. The lowest BCUT2D eigenvalue weighted by Crippen LogP contribution is -2.56. The molecule has 1 amide bonds. The molecule has 3 heterocycles. The Balaban J connectivity index is 0.00000225. The Morgan fingerprint density at radius 3 is 2.57 bits per heavy atom. The van der Waals surface area contributed by atoms with Crippen molar-refractivity contribution in [2.24, 2.45) is 11.3 Å². The summed E-state index contributed by atoms with van der Waals surface area (Å²) in [5.74, 6) is 0.946. The van der Waals surface area contributed by atoms with E-state index in [4.69, 9.17) is 4.52 Å². The number of carbonyl (C=O) groups is 1. The molecule has 0 spiro atoms. The van der Waals surface area contributed by atoms with Crippen molar-refractivity contribution in [3.63, 3.8) is 0 Å². The van der Waals surface area contributed by atoms with Gasteiger partial charge in [0.2, 0.25) is 15.9 Å². The topological polar surface area (TPSA) is 95.8 Å². The minimum atomic E-state index is -3.65. The van der Waals surface area contributed by atoms with Gasteiger partial charge in [0, 0.05) is 32.7 Å². The van der Waals surface area contributed by atoms with Crippen LogP contribution in [0.25, 0.3) is 0 Å². The molecule has 10 heteroatoms. The Labute approximate surface area is 172 Å². The third-order valence-corrected chi connectivity index (χ3v) is 8.70. The maximum absolute atomic E-state index is 13.3. The van der Waals surface area contributed by atoms with Crippen LogP contribution in [0.3, 0.4) is 0 Å². The highest BCUT2D eigenvalue weighted by molar-refractivity contribution is 7.89. The predicted octanol–water partition coefficient (Wildman–Crippen LogP) is 1.33. The molecule has 3 aliphatic rings. The first-order valence-electron chi connectivity index (χ1n) is 9.79. The van der Waals surface area contributed by atoms with Crippen molar-refractivity contribution in [2.75, 3.05) is 39.3 Å². The van der Waals surface area contributed by atoms with E-state index in [0.717, 1.165) is 32.4 Å². The molecule has 0 radical (unpaired) electrons. The summed E-state index contributed by atoms with van der Waals surface area (Å²) in [6.07, 6.45) is 4.36. The molecule has 2 atom stereocenters. The van der Waals surface area contributed by atoms with Crippen LogP contribution in [0.2, 0.25) is 0 Å². The van der Waals surface area contributed by atoms with E-state index in [1.165, 1.54) is 10.7 Å². The molecule has 0 aromatic carbocycles. The number of aryl methyl sites for hydroxylation is 2. The van der Waals surface area contributed by atoms with Gasteiger partial charge in [-0.3, -0.25) is 4.79 Å². The normalized spacial score (nSPS) is 28.6. The number of nitrogens with zero attached hydrogens (tertiary/aromatic N) is 3. The van der Waals surface area contributed by atoms with E-state index >= 15 is 0 Å². The van der Waals surface area contributed by atoms with Gasteiger partial charge in [0.15, 0.2) is 5.76 Å². The minimum Gasteiger partial charge on any atom is -0.360 e. The first-order valence-corrected chi connectivity index (χ1v) is 11.2. The van der Waals surface area contributed by atoms with Crippen LogP contribution in [0.5, 0.6) is 0 Å². The Hall–Kier alpha value is -1.16. The summed E-state index contributed by atoms with van der Waals surface area (Å²) in [4.78, 5) is 15.4. The maximum Gasteiger partial charge on any atom is 0.248 e. The van der Waals surface area contributed by atoms with E-state index in [9.17, 15) is 13.2 Å². The number of hydrogen-bond donors (Lipinski definition) is 1. The van der Waals surface area contributed by atoms with E-state index in [2.05, 4.69) is 10.5 Å². The second-order valence-electron chi connectivity index (χ2n) is 8.08. The van der Waals surface area contributed by atoms with Crippen molar-refractivity contribution in [3.8, 4) is 0 Å². The molecule has 2 saturated heterocycles. The number of amides is 1. The van der Waals surface area contributed by atoms with Crippen molar-refractivity contribution < 1.29 is 17.7 Å². The van der Waals surface area contributed by atoms with Gasteiger partial charge in [-0.1, -0.05) is 18.0 Å². The fourth-order valence-corrected chi connectivity index (χ4v) is 6.80. The van der Waals surface area contributed by atoms with Gasteiger partial charge in [-0.05, 0) is 39.2 Å². The first-order chi connectivity index (χ1) is 12.9. The summed E-state index contributed by atoms with van der Waals surface area (Å²) in [5.41, 5.74) is 0.105. The zero-order chi connectivity index (χ0) is 19.2. The molecule has 1 aromatic heterocycles. The molecule has 1 saturated carbocycles. The number of fused-ring (bicyclic) bond motifs is 1. The maximum atomic E-state index is 13.3. The van der Waals surface area contributed by atoms with E-state index in [0.29, 0.717) is 43.6 Å². The Bertz CT molecular complexity index is 815. The number of aromatic nitrogens is 1. The Morgan fingerprint density at radius 1 is 1.21 bits per heavy atom. The second-order valence-corrected chi connectivity index (χ2v) is 9.95. The number of rotatable bonds is 3. The smallest absolute Gasteiger partial charge is 0.248 e. The molecule has 3 fully saturated rings. The van der Waals surface area contributed by atoms with Crippen molar-refractivity contribution >= 4 is 28.3 Å². The van der Waals surface area contributed by atoms with Gasteiger partial charge < -0.3 is 14.7 Å². The van der Waals surface area contributed by atoms with Gasteiger partial charge in [-0.25, -0.2) is 8.42 Å². The van der Waals surface area contributed by atoms with E-state index < -0.39 is 10.0 Å². The average molecular weight is 433 g/mol. The number of sulfonamides is 1. The Morgan fingerprint density at radius 2 is 1.93 bits per heavy atom. The highest BCUT2D eigenvalue weighted by Crippen LogP contribution is 2.45. The van der Waals surface area contributed by atoms with E-state index in [1.54, 1.807) is 13.8 Å². The summed E-state index contributed by atoms with van der Waals surface area (Å²) in [5, 5.41) is 7.18. The first kappa shape index (κ1) is 21.5. The average Bonchev–Trinajstić information content (AvgIpc) is 3.25. The zero-order valence-electron chi connectivity index (χ0n) is 16.4. The number of carbonyl (C=O) groups excluding carboxylic acids is 1. The van der Waals surface area contributed by atoms with Crippen LogP contribution in [-0.2, 0) is 14.8 Å². The molecule has 1 aromatic rings. The molecule has 1 aliphatic carbocycles. The molecule has 2 aliphatic heterocycles. The molecule has 0 bridgehead atoms. The van der Waals surface area contributed by atoms with Gasteiger partial charge in [0.1, 0.15) is 10.6 Å². The van der Waals surface area contributed by atoms with Crippen LogP contribution in [0.15, 0.2) is 9.42 Å². The summed E-state index contributed by atoms with van der Waals surface area (Å²) in [6.45, 7) is 6.44. The monoisotopic (exact) mass is 432 g/mol. The summed E-state index contributed by atoms with van der Waals surface area (Å²) in [6, 6.07) is 0. The zero-order valence-corrected chi connectivity index (χ0v) is 18.1. The van der Waals surface area contributed by atoms with Gasteiger partial charge >= 0.3 is 0 Å². The summed E-state index contributed by atoms with van der Waals surface area (Å²) >= 11 is 0. The van der Waals surface area contributed by atoms with Gasteiger partial charge in [0.25, 0.3) is 0 Å². The number of halogens is 1. The van der Waals surface area contributed by atoms with Crippen molar-refractivity contribution in [1.82, 2.24) is 19.7 Å². The molecule has 1 N–H and O–H groups in total. The van der Waals surface area contributed by atoms with Crippen LogP contribution in [0.1, 0.15) is 37.1 Å². The lowest BCUT2D eigenvalue weighted by molar-refractivity contribution is -0.146. The van der Waals surface area contributed by atoms with Crippen LogP contribution < -0.4 is 5.32 Å². The summed E-state index contributed by atoms with van der Waals surface area (Å²) < 4.78 is 32.4. The SMILES string of the molecule is Cc1noc(C)c1S(=O)(=O)N1CCN(C(=O)[C@@]23CCCC[C@H]2CNC3)CC1.Cl. The number of piperazine rings is 1. The third kappa shape index (κ3) is 3.36. The molecular formula is C18H29ClN4O4S. The van der Waals surface area contributed by atoms with Gasteiger partial charge in [-0.15, -0.1) is 12.4 Å². The molecule has 8 nitrogen and oxygen atoms in total. The van der Waals surface area contributed by atoms with E-state index in [1.807, 2.05) is 4.90 Å². The number of nitrogens with one attached hydrogen (secondary N) is 1. The predicted molar refractivity (Wildman–Crippen MR) is 106 cm³/mol. The van der Waals surface area contributed by atoms with Crippen molar-refractivity contribution in [1.29, 1.82) is 0 Å². The standard InChI is InChI=1S/C18H28N4O4S.ClH/c1-13-16(14(2)26-20-13)27(24,25)22-9-7-21(8-10-22)17(23)18-6-4-3-5-15(18)11-19-12-18;/h15,19H,3-12H2,1-2H3;1H/t15-,18+;/m0./s1. The highest BCUT2D eigenvalue weighted by Gasteiger charge is 2.51. The van der Waals surface area contributed by atoms with Crippen molar-refractivity contribution in [3.05, 3.63) is 11.5 Å². The van der Waals surface area contributed by atoms with Crippen molar-refractivity contribution in [2.45, 2.75) is 44.4 Å². The Kier molecular flexibility index (Phi) is 6.10.